The summed E-state index contributed by atoms with van der Waals surface area (Å²) in [4.78, 5) is 12.6. The minimum atomic E-state index is -3.86. The van der Waals surface area contributed by atoms with Crippen LogP contribution in [0, 0.1) is 0 Å². The maximum absolute atomic E-state index is 12.8. The number of ether oxygens (including phenoxy) is 2. The molecule has 0 fully saturated rings. The summed E-state index contributed by atoms with van der Waals surface area (Å²) in [5.41, 5.74) is 2.65. The zero-order valence-corrected chi connectivity index (χ0v) is 20.4. The number of hydrogen-bond acceptors (Lipinski definition) is 5. The Morgan fingerprint density at radius 2 is 1.62 bits per heavy atom. The summed E-state index contributed by atoms with van der Waals surface area (Å²) in [6, 6.07) is 20.4. The Bertz CT molecular complexity index is 1190. The molecule has 0 bridgehead atoms. The average molecular weight is 483 g/mol. The first-order chi connectivity index (χ1) is 16.3. The Morgan fingerprint density at radius 3 is 2.26 bits per heavy atom. The minimum Gasteiger partial charge on any atom is -0.494 e. The second kappa shape index (κ2) is 11.7. The Kier molecular flexibility index (Phi) is 8.67. The molecule has 0 unspecified atom stereocenters. The van der Waals surface area contributed by atoms with E-state index < -0.39 is 10.0 Å². The van der Waals surface area contributed by atoms with E-state index in [1.54, 1.807) is 36.4 Å². The molecule has 0 aliphatic carbocycles. The van der Waals surface area contributed by atoms with Gasteiger partial charge in [0.15, 0.2) is 0 Å². The summed E-state index contributed by atoms with van der Waals surface area (Å²) in [7, 11) is -3.86. The van der Waals surface area contributed by atoms with Crippen LogP contribution in [0.25, 0.3) is 0 Å². The van der Waals surface area contributed by atoms with E-state index in [1.807, 2.05) is 45.0 Å². The summed E-state index contributed by atoms with van der Waals surface area (Å²) >= 11 is 0. The van der Waals surface area contributed by atoms with E-state index in [0.29, 0.717) is 31.2 Å². The SMILES string of the molecule is CCOc1ccc(NS(=O)(=O)c2cccc(C(=O)NCc3ccc(COC(C)C)cc3)c2)cc1. The monoisotopic (exact) mass is 482 g/mol. The van der Waals surface area contributed by atoms with E-state index in [4.69, 9.17) is 9.47 Å². The van der Waals surface area contributed by atoms with Crippen LogP contribution in [-0.2, 0) is 27.9 Å². The van der Waals surface area contributed by atoms with Crippen molar-refractivity contribution in [1.82, 2.24) is 5.32 Å². The van der Waals surface area contributed by atoms with Gasteiger partial charge in [-0.2, -0.15) is 0 Å². The zero-order valence-electron chi connectivity index (χ0n) is 19.6. The molecule has 0 aliphatic heterocycles. The highest BCUT2D eigenvalue weighted by Crippen LogP contribution is 2.20. The van der Waals surface area contributed by atoms with Crippen LogP contribution >= 0.6 is 0 Å². The van der Waals surface area contributed by atoms with E-state index in [0.717, 1.165) is 11.1 Å². The van der Waals surface area contributed by atoms with Gasteiger partial charge >= 0.3 is 0 Å². The Hall–Kier alpha value is -3.36. The van der Waals surface area contributed by atoms with Crippen LogP contribution < -0.4 is 14.8 Å². The highest BCUT2D eigenvalue weighted by Gasteiger charge is 2.17. The van der Waals surface area contributed by atoms with E-state index in [-0.39, 0.29) is 22.5 Å². The van der Waals surface area contributed by atoms with Gasteiger partial charge < -0.3 is 14.8 Å². The van der Waals surface area contributed by atoms with Crippen molar-refractivity contribution in [3.8, 4) is 5.75 Å². The lowest BCUT2D eigenvalue weighted by Gasteiger charge is -2.11. The third-order valence-electron chi connectivity index (χ3n) is 4.88. The number of nitrogens with one attached hydrogen (secondary N) is 2. The van der Waals surface area contributed by atoms with Crippen LogP contribution in [0.1, 0.15) is 42.3 Å². The molecule has 3 aromatic carbocycles. The van der Waals surface area contributed by atoms with Gasteiger partial charge in [-0.05, 0) is 74.4 Å². The largest absolute Gasteiger partial charge is 0.494 e. The summed E-state index contributed by atoms with van der Waals surface area (Å²) < 4.78 is 39.1. The lowest BCUT2D eigenvalue weighted by atomic mass is 10.1. The molecule has 180 valence electrons. The first-order valence-electron chi connectivity index (χ1n) is 11.1. The van der Waals surface area contributed by atoms with Gasteiger partial charge in [-0.25, -0.2) is 8.42 Å². The molecule has 0 spiro atoms. The smallest absolute Gasteiger partial charge is 0.261 e. The topological polar surface area (TPSA) is 93.7 Å². The molecule has 3 aromatic rings. The molecular weight excluding hydrogens is 452 g/mol. The van der Waals surface area contributed by atoms with Crippen molar-refractivity contribution in [3.05, 3.63) is 89.5 Å². The highest BCUT2D eigenvalue weighted by molar-refractivity contribution is 7.92. The maximum Gasteiger partial charge on any atom is 0.261 e. The lowest BCUT2D eigenvalue weighted by Crippen LogP contribution is -2.23. The van der Waals surface area contributed by atoms with Crippen LogP contribution in [0.3, 0.4) is 0 Å². The highest BCUT2D eigenvalue weighted by atomic mass is 32.2. The van der Waals surface area contributed by atoms with Crippen LogP contribution in [-0.4, -0.2) is 27.0 Å². The third kappa shape index (κ3) is 7.33. The molecule has 0 aromatic heterocycles. The number of rotatable bonds is 11. The number of sulfonamides is 1. The van der Waals surface area contributed by atoms with E-state index in [9.17, 15) is 13.2 Å². The first-order valence-corrected chi connectivity index (χ1v) is 12.6. The van der Waals surface area contributed by atoms with Gasteiger partial charge in [-0.3, -0.25) is 9.52 Å². The summed E-state index contributed by atoms with van der Waals surface area (Å²) in [6.07, 6.45) is 0.162. The molecule has 7 nitrogen and oxygen atoms in total. The Balaban J connectivity index is 1.61. The third-order valence-corrected chi connectivity index (χ3v) is 6.26. The average Bonchev–Trinajstić information content (AvgIpc) is 2.83. The number of benzene rings is 3. The van der Waals surface area contributed by atoms with Crippen molar-refractivity contribution in [3.63, 3.8) is 0 Å². The number of hydrogen-bond donors (Lipinski definition) is 2. The quantitative estimate of drug-likeness (QED) is 0.412. The second-order valence-electron chi connectivity index (χ2n) is 7.95. The lowest BCUT2D eigenvalue weighted by molar-refractivity contribution is 0.0657. The number of carbonyl (C=O) groups excluding carboxylic acids is 1. The van der Waals surface area contributed by atoms with Crippen LogP contribution in [0.5, 0.6) is 5.75 Å². The van der Waals surface area contributed by atoms with Crippen molar-refractivity contribution in [2.75, 3.05) is 11.3 Å². The molecule has 0 saturated heterocycles. The van der Waals surface area contributed by atoms with E-state index >= 15 is 0 Å². The van der Waals surface area contributed by atoms with Crippen LogP contribution in [0.4, 0.5) is 5.69 Å². The molecule has 8 heteroatoms. The molecule has 0 heterocycles. The molecule has 2 N–H and O–H groups in total. The molecule has 0 radical (unpaired) electrons. The van der Waals surface area contributed by atoms with Crippen molar-refractivity contribution in [2.45, 2.75) is 44.9 Å². The number of amides is 1. The molecule has 3 rings (SSSR count). The molecule has 0 saturated carbocycles. The van der Waals surface area contributed by atoms with Gasteiger partial charge in [-0.15, -0.1) is 0 Å². The predicted octanol–water partition coefficient (Wildman–Crippen LogP) is 4.74. The summed E-state index contributed by atoms with van der Waals surface area (Å²) in [5, 5.41) is 2.83. The van der Waals surface area contributed by atoms with Gasteiger partial charge in [0.05, 0.1) is 24.2 Å². The van der Waals surface area contributed by atoms with Gasteiger partial charge in [-0.1, -0.05) is 30.3 Å². The van der Waals surface area contributed by atoms with Gasteiger partial charge in [0.1, 0.15) is 5.75 Å². The minimum absolute atomic E-state index is 0.00328. The predicted molar refractivity (Wildman–Crippen MR) is 132 cm³/mol. The van der Waals surface area contributed by atoms with Crippen LogP contribution in [0.15, 0.2) is 77.7 Å². The fraction of sp³-hybridized carbons (Fsp3) is 0.269. The molecule has 34 heavy (non-hydrogen) atoms. The second-order valence-corrected chi connectivity index (χ2v) is 9.63. The van der Waals surface area contributed by atoms with Crippen molar-refractivity contribution >= 4 is 21.6 Å². The van der Waals surface area contributed by atoms with Gasteiger partial charge in [0.2, 0.25) is 0 Å². The fourth-order valence-electron chi connectivity index (χ4n) is 3.11. The van der Waals surface area contributed by atoms with Crippen LogP contribution in [0.2, 0.25) is 0 Å². The number of carbonyl (C=O) groups is 1. The molecule has 1 amide bonds. The Labute approximate surface area is 201 Å². The maximum atomic E-state index is 12.8. The van der Waals surface area contributed by atoms with Crippen molar-refractivity contribution in [2.24, 2.45) is 0 Å². The van der Waals surface area contributed by atoms with Gasteiger partial charge in [0, 0.05) is 17.8 Å². The zero-order chi connectivity index (χ0) is 24.6. The summed E-state index contributed by atoms with van der Waals surface area (Å²) in [5.74, 6) is 0.299. The fourth-order valence-corrected chi connectivity index (χ4v) is 4.21. The molecule has 0 aliphatic rings. The normalized spacial score (nSPS) is 11.3. The van der Waals surface area contributed by atoms with Crippen molar-refractivity contribution in [1.29, 1.82) is 0 Å². The Morgan fingerprint density at radius 1 is 0.941 bits per heavy atom. The molecule has 0 atom stereocenters. The van der Waals surface area contributed by atoms with Crippen molar-refractivity contribution < 1.29 is 22.7 Å². The summed E-state index contributed by atoms with van der Waals surface area (Å²) in [6.45, 7) is 7.24. The standard InChI is InChI=1S/C26H30N2O5S/c1-4-32-24-14-12-23(13-15-24)28-34(30,31)25-7-5-6-22(16-25)26(29)27-17-20-8-10-21(11-9-20)18-33-19(2)3/h5-16,19,28H,4,17-18H2,1-3H3,(H,27,29). The first kappa shape index (κ1) is 25.3. The van der Waals surface area contributed by atoms with Gasteiger partial charge in [0.25, 0.3) is 15.9 Å². The number of anilines is 1. The van der Waals surface area contributed by atoms with E-state index in [1.165, 1.54) is 12.1 Å². The van der Waals surface area contributed by atoms with E-state index in [2.05, 4.69) is 10.0 Å². The molecular formula is C26H30N2O5S.